The van der Waals surface area contributed by atoms with Crippen LogP contribution in [0.15, 0.2) is 12.1 Å². The van der Waals surface area contributed by atoms with E-state index >= 15 is 0 Å². The van der Waals surface area contributed by atoms with Crippen LogP contribution >= 0.6 is 11.6 Å². The topological polar surface area (TPSA) is 68.7 Å². The zero-order chi connectivity index (χ0) is 15.8. The Balaban J connectivity index is 2.90. The van der Waals surface area contributed by atoms with Crippen molar-refractivity contribution < 1.29 is 19.1 Å². The first-order chi connectivity index (χ1) is 9.97. The van der Waals surface area contributed by atoms with E-state index in [1.165, 1.54) is 18.1 Å². The second-order valence-electron chi connectivity index (χ2n) is 4.34. The molecule has 0 aliphatic heterocycles. The van der Waals surface area contributed by atoms with Crippen LogP contribution in [0.1, 0.15) is 23.0 Å². The molecule has 1 amide bonds. The summed E-state index contributed by atoms with van der Waals surface area (Å²) in [5.41, 5.74) is 1.02. The molecule has 0 spiro atoms. The second kappa shape index (κ2) is 8.59. The molecular formula is C14H19ClN2O4. The number of ether oxygens (including phenoxy) is 2. The lowest BCUT2D eigenvalue weighted by Gasteiger charge is -2.21. The number of carbonyl (C=O) groups is 2. The molecule has 0 radical (unpaired) electrons. The molecule has 1 aromatic heterocycles. The first kappa shape index (κ1) is 17.4. The number of carbonyl (C=O) groups excluding carboxylic acids is 2. The van der Waals surface area contributed by atoms with Crippen molar-refractivity contribution in [1.29, 1.82) is 0 Å². The van der Waals surface area contributed by atoms with Crippen molar-refractivity contribution in [3.05, 3.63) is 28.5 Å². The van der Waals surface area contributed by atoms with Gasteiger partial charge in [-0.1, -0.05) is 11.6 Å². The summed E-state index contributed by atoms with van der Waals surface area (Å²) in [7, 11) is 1.53. The number of amides is 1. The monoisotopic (exact) mass is 314 g/mol. The molecule has 0 aromatic carbocycles. The van der Waals surface area contributed by atoms with Crippen LogP contribution in [0.5, 0.6) is 0 Å². The number of nitrogens with zero attached hydrogens (tertiary/aromatic N) is 2. The van der Waals surface area contributed by atoms with E-state index < -0.39 is 5.97 Å². The molecule has 0 fully saturated rings. The fourth-order valence-electron chi connectivity index (χ4n) is 1.75. The summed E-state index contributed by atoms with van der Waals surface area (Å²) >= 11 is 5.86. The highest BCUT2D eigenvalue weighted by Gasteiger charge is 2.20. The number of rotatable bonds is 7. The van der Waals surface area contributed by atoms with Crippen LogP contribution in [0.4, 0.5) is 0 Å². The molecule has 0 saturated heterocycles. The number of aryl methyl sites for hydroxylation is 1. The summed E-state index contributed by atoms with van der Waals surface area (Å²) < 4.78 is 9.84. The normalized spacial score (nSPS) is 10.3. The first-order valence-corrected chi connectivity index (χ1v) is 6.93. The van der Waals surface area contributed by atoms with Crippen molar-refractivity contribution in [2.45, 2.75) is 13.8 Å². The number of halogens is 1. The molecule has 0 atom stereocenters. The Kier molecular flexibility index (Phi) is 7.11. The molecule has 0 aliphatic rings. The maximum absolute atomic E-state index is 12.5. The van der Waals surface area contributed by atoms with Crippen LogP contribution in [-0.2, 0) is 14.3 Å². The van der Waals surface area contributed by atoms with E-state index in [0.717, 1.165) is 0 Å². The fourth-order valence-corrected chi connectivity index (χ4v) is 2.00. The van der Waals surface area contributed by atoms with Crippen LogP contribution in [-0.4, -0.2) is 55.2 Å². The van der Waals surface area contributed by atoms with E-state index in [2.05, 4.69) is 4.98 Å². The van der Waals surface area contributed by atoms with Gasteiger partial charge in [-0.25, -0.2) is 4.98 Å². The maximum atomic E-state index is 12.5. The molecule has 0 bridgehead atoms. The smallest absolute Gasteiger partial charge is 0.325 e. The number of esters is 1. The van der Waals surface area contributed by atoms with Gasteiger partial charge >= 0.3 is 5.97 Å². The van der Waals surface area contributed by atoms with Gasteiger partial charge in [-0.05, 0) is 26.0 Å². The molecule has 21 heavy (non-hydrogen) atoms. The number of methoxy groups -OCH3 is 1. The third kappa shape index (κ3) is 5.69. The van der Waals surface area contributed by atoms with Crippen LogP contribution in [0.25, 0.3) is 0 Å². The average Bonchev–Trinajstić information content (AvgIpc) is 2.41. The molecule has 0 aliphatic carbocycles. The Morgan fingerprint density at radius 3 is 2.67 bits per heavy atom. The lowest BCUT2D eigenvalue weighted by molar-refractivity contribution is -0.143. The van der Waals surface area contributed by atoms with Gasteiger partial charge in [0.15, 0.2) is 0 Å². The third-order valence-corrected chi connectivity index (χ3v) is 2.84. The van der Waals surface area contributed by atoms with Crippen molar-refractivity contribution >= 4 is 23.5 Å². The zero-order valence-corrected chi connectivity index (χ0v) is 13.1. The predicted molar refractivity (Wildman–Crippen MR) is 78.4 cm³/mol. The van der Waals surface area contributed by atoms with E-state index in [1.807, 2.05) is 0 Å². The summed E-state index contributed by atoms with van der Waals surface area (Å²) in [6.07, 6.45) is 0. The largest absolute Gasteiger partial charge is 0.465 e. The summed E-state index contributed by atoms with van der Waals surface area (Å²) in [4.78, 5) is 29.4. The summed E-state index contributed by atoms with van der Waals surface area (Å²) in [5, 5.41) is 0.237. The van der Waals surface area contributed by atoms with Gasteiger partial charge in [-0.3, -0.25) is 9.59 Å². The molecular weight excluding hydrogens is 296 g/mol. The van der Waals surface area contributed by atoms with E-state index in [4.69, 9.17) is 21.1 Å². The predicted octanol–water partition coefficient (Wildman–Crippen LogP) is 1.70. The Morgan fingerprint density at radius 2 is 2.10 bits per heavy atom. The number of hydrogen-bond acceptors (Lipinski definition) is 5. The standard InChI is InChI=1S/C14H19ClN2O4/c1-4-21-13(18)9-17(5-6-20-3)14(19)11-7-10(2)16-12(15)8-11/h7-8H,4-6,9H2,1-3H3. The quantitative estimate of drug-likeness (QED) is 0.566. The van der Waals surface area contributed by atoms with Gasteiger partial charge in [-0.15, -0.1) is 0 Å². The van der Waals surface area contributed by atoms with Crippen LogP contribution in [0.2, 0.25) is 5.15 Å². The van der Waals surface area contributed by atoms with Gasteiger partial charge in [0.2, 0.25) is 0 Å². The Morgan fingerprint density at radius 1 is 1.38 bits per heavy atom. The lowest BCUT2D eigenvalue weighted by Crippen LogP contribution is -2.38. The van der Waals surface area contributed by atoms with Gasteiger partial charge in [0, 0.05) is 24.9 Å². The van der Waals surface area contributed by atoms with E-state index in [0.29, 0.717) is 17.9 Å². The highest BCUT2D eigenvalue weighted by Crippen LogP contribution is 2.13. The lowest BCUT2D eigenvalue weighted by atomic mass is 10.2. The molecule has 6 nitrogen and oxygen atoms in total. The molecule has 0 saturated carbocycles. The van der Waals surface area contributed by atoms with E-state index in [9.17, 15) is 9.59 Å². The fraction of sp³-hybridized carbons (Fsp3) is 0.500. The number of aromatic nitrogens is 1. The molecule has 1 rings (SSSR count). The molecule has 1 heterocycles. The first-order valence-electron chi connectivity index (χ1n) is 6.56. The summed E-state index contributed by atoms with van der Waals surface area (Å²) in [6.45, 7) is 4.20. The minimum atomic E-state index is -0.459. The van der Waals surface area contributed by atoms with Crippen molar-refractivity contribution in [1.82, 2.24) is 9.88 Å². The highest BCUT2D eigenvalue weighted by atomic mass is 35.5. The Bertz CT molecular complexity index is 487. The van der Waals surface area contributed by atoms with Crippen LogP contribution in [0.3, 0.4) is 0 Å². The van der Waals surface area contributed by atoms with Crippen LogP contribution < -0.4 is 0 Å². The van der Waals surface area contributed by atoms with Crippen molar-refractivity contribution in [2.75, 3.05) is 33.4 Å². The molecule has 7 heteroatoms. The Hall–Kier alpha value is -1.66. The molecule has 0 unspecified atom stereocenters. The summed E-state index contributed by atoms with van der Waals surface area (Å²) in [5.74, 6) is -0.772. The number of pyridine rings is 1. The van der Waals surface area contributed by atoms with E-state index in [1.54, 1.807) is 19.9 Å². The van der Waals surface area contributed by atoms with Crippen molar-refractivity contribution in [3.63, 3.8) is 0 Å². The maximum Gasteiger partial charge on any atom is 0.325 e. The summed E-state index contributed by atoms with van der Waals surface area (Å²) in [6, 6.07) is 3.10. The molecule has 116 valence electrons. The van der Waals surface area contributed by atoms with Gasteiger partial charge in [0.25, 0.3) is 5.91 Å². The van der Waals surface area contributed by atoms with Gasteiger partial charge in [0.1, 0.15) is 11.7 Å². The zero-order valence-electron chi connectivity index (χ0n) is 12.4. The Labute approximate surface area is 129 Å². The van der Waals surface area contributed by atoms with Gasteiger partial charge in [0.05, 0.1) is 13.2 Å². The minimum Gasteiger partial charge on any atom is -0.465 e. The van der Waals surface area contributed by atoms with Crippen molar-refractivity contribution in [2.24, 2.45) is 0 Å². The molecule has 1 aromatic rings. The number of hydrogen-bond donors (Lipinski definition) is 0. The third-order valence-electron chi connectivity index (χ3n) is 2.65. The average molecular weight is 315 g/mol. The SMILES string of the molecule is CCOC(=O)CN(CCOC)C(=O)c1cc(C)nc(Cl)c1. The van der Waals surface area contributed by atoms with E-state index in [-0.39, 0.29) is 30.8 Å². The van der Waals surface area contributed by atoms with Gasteiger partial charge < -0.3 is 14.4 Å². The van der Waals surface area contributed by atoms with Crippen molar-refractivity contribution in [3.8, 4) is 0 Å². The highest BCUT2D eigenvalue weighted by molar-refractivity contribution is 6.29. The molecule has 0 N–H and O–H groups in total. The van der Waals surface area contributed by atoms with Crippen LogP contribution in [0, 0.1) is 6.92 Å². The minimum absolute atomic E-state index is 0.130. The van der Waals surface area contributed by atoms with Gasteiger partial charge in [-0.2, -0.15) is 0 Å². The second-order valence-corrected chi connectivity index (χ2v) is 4.73.